The normalized spacial score (nSPS) is 13.4. The molecule has 0 spiro atoms. The molecular weight excluding hydrogens is 463 g/mol. The van der Waals surface area contributed by atoms with Crippen molar-refractivity contribution in [2.75, 3.05) is 26.7 Å². The smallest absolute Gasteiger partial charge is 0.242 e. The Balaban J connectivity index is 0.00000223. The summed E-state index contributed by atoms with van der Waals surface area (Å²) in [5, 5.41) is 0. The standard InChI is InChI=1S/C30H38N2O2.C2H6.FH/c1-21(2)34-29-19-32(16-15-23(29)4)30(33)20-31(7)28(26-11-9-8-10-12-26)18-25(6)27-14-13-22(3)24(5)17-27;1-2;/h8-14,17-18,21H,6,15-16,19-20H2,1-5,7H3;1-2H3;1H/b28-18-;;. The largest absolute Gasteiger partial charge is 0.494 e. The highest BCUT2D eigenvalue weighted by Crippen LogP contribution is 2.26. The van der Waals surface area contributed by atoms with Crippen LogP contribution < -0.4 is 0 Å². The number of carbonyl (C=O) groups is 1. The first-order chi connectivity index (χ1) is 17.2. The first-order valence-corrected chi connectivity index (χ1v) is 13.0. The zero-order valence-corrected chi connectivity index (χ0v) is 23.9. The maximum Gasteiger partial charge on any atom is 0.242 e. The van der Waals surface area contributed by atoms with Crippen LogP contribution in [0.3, 0.4) is 0 Å². The molecule has 0 aromatic heterocycles. The highest BCUT2D eigenvalue weighted by Gasteiger charge is 2.24. The molecule has 0 fully saturated rings. The van der Waals surface area contributed by atoms with Crippen molar-refractivity contribution >= 4 is 17.2 Å². The number of amides is 1. The van der Waals surface area contributed by atoms with Crippen LogP contribution >= 0.6 is 0 Å². The minimum atomic E-state index is 0. The number of benzene rings is 2. The lowest BCUT2D eigenvalue weighted by atomic mass is 9.99. The molecule has 1 aliphatic rings. The second-order valence-corrected chi connectivity index (χ2v) is 9.51. The number of halogens is 1. The third kappa shape index (κ3) is 8.92. The van der Waals surface area contributed by atoms with Gasteiger partial charge >= 0.3 is 0 Å². The number of carbonyl (C=O) groups excluding carboxylic acids is 1. The molecule has 3 rings (SSSR count). The van der Waals surface area contributed by atoms with Crippen molar-refractivity contribution in [3.8, 4) is 0 Å². The summed E-state index contributed by atoms with van der Waals surface area (Å²) in [6, 6.07) is 16.6. The summed E-state index contributed by atoms with van der Waals surface area (Å²) in [7, 11) is 1.97. The van der Waals surface area contributed by atoms with E-state index in [0.717, 1.165) is 41.1 Å². The van der Waals surface area contributed by atoms with E-state index in [1.54, 1.807) is 0 Å². The monoisotopic (exact) mass is 508 g/mol. The zero-order chi connectivity index (χ0) is 26.8. The number of allylic oxidation sites excluding steroid dienone is 2. The number of ether oxygens (including phenoxy) is 1. The van der Waals surface area contributed by atoms with E-state index in [2.05, 4.69) is 63.8 Å². The molecule has 0 saturated heterocycles. The fraction of sp³-hybridized carbons (Fsp3) is 0.406. The van der Waals surface area contributed by atoms with Gasteiger partial charge in [-0.3, -0.25) is 9.50 Å². The molecule has 0 atom stereocenters. The lowest BCUT2D eigenvalue weighted by Crippen LogP contribution is -2.42. The van der Waals surface area contributed by atoms with E-state index in [4.69, 9.17) is 4.74 Å². The quantitative estimate of drug-likeness (QED) is 0.348. The van der Waals surface area contributed by atoms with E-state index in [1.165, 1.54) is 16.7 Å². The van der Waals surface area contributed by atoms with E-state index in [-0.39, 0.29) is 23.3 Å². The Morgan fingerprint density at radius 3 is 2.30 bits per heavy atom. The summed E-state index contributed by atoms with van der Waals surface area (Å²) < 4.78 is 5.97. The van der Waals surface area contributed by atoms with Crippen molar-refractivity contribution in [2.45, 2.75) is 61.0 Å². The van der Waals surface area contributed by atoms with Crippen LogP contribution in [0.5, 0.6) is 0 Å². The summed E-state index contributed by atoms with van der Waals surface area (Å²) in [6.07, 6.45) is 3.04. The molecule has 0 unspecified atom stereocenters. The molecule has 202 valence electrons. The Morgan fingerprint density at radius 2 is 1.70 bits per heavy atom. The molecule has 0 bridgehead atoms. The molecule has 0 radical (unpaired) electrons. The van der Waals surface area contributed by atoms with Gasteiger partial charge in [-0.1, -0.05) is 69.0 Å². The van der Waals surface area contributed by atoms with Gasteiger partial charge in [0.05, 0.1) is 19.2 Å². The number of rotatable bonds is 8. The highest BCUT2D eigenvalue weighted by molar-refractivity contribution is 5.85. The second kappa shape index (κ2) is 15.0. The summed E-state index contributed by atoms with van der Waals surface area (Å²) in [4.78, 5) is 17.2. The second-order valence-electron chi connectivity index (χ2n) is 9.51. The van der Waals surface area contributed by atoms with Gasteiger partial charge in [0.15, 0.2) is 0 Å². The number of hydrogen-bond acceptors (Lipinski definition) is 3. The summed E-state index contributed by atoms with van der Waals surface area (Å²) in [5.74, 6) is 1.03. The summed E-state index contributed by atoms with van der Waals surface area (Å²) >= 11 is 0. The van der Waals surface area contributed by atoms with Crippen LogP contribution in [0.1, 0.15) is 63.3 Å². The molecule has 0 saturated carbocycles. The van der Waals surface area contributed by atoms with Gasteiger partial charge in [-0.25, -0.2) is 0 Å². The van der Waals surface area contributed by atoms with E-state index in [0.29, 0.717) is 6.54 Å². The minimum absolute atomic E-state index is 0. The van der Waals surface area contributed by atoms with Gasteiger partial charge in [-0.15, -0.1) is 0 Å². The first-order valence-electron chi connectivity index (χ1n) is 13.0. The molecule has 2 aromatic carbocycles. The first kappa shape index (κ1) is 31.7. The van der Waals surface area contributed by atoms with Gasteiger partial charge in [0, 0.05) is 19.3 Å². The third-order valence-corrected chi connectivity index (χ3v) is 6.34. The Kier molecular flexibility index (Phi) is 12.9. The average Bonchev–Trinajstić information content (AvgIpc) is 2.86. The molecule has 1 amide bonds. The molecule has 0 N–H and O–H groups in total. The number of hydrogen-bond donors (Lipinski definition) is 0. The number of likely N-dealkylation sites (N-methyl/N-ethyl adjacent to an activating group) is 1. The Bertz CT molecular complexity index is 1100. The average molecular weight is 509 g/mol. The fourth-order valence-electron chi connectivity index (χ4n) is 4.07. The van der Waals surface area contributed by atoms with Crippen LogP contribution in [0.15, 0.2) is 72.5 Å². The van der Waals surface area contributed by atoms with Crippen LogP contribution in [-0.2, 0) is 9.53 Å². The molecule has 5 heteroatoms. The van der Waals surface area contributed by atoms with Gasteiger partial charge in [-0.05, 0) is 80.5 Å². The van der Waals surface area contributed by atoms with Gasteiger partial charge in [0.1, 0.15) is 5.76 Å². The molecule has 1 aliphatic heterocycles. The van der Waals surface area contributed by atoms with Gasteiger partial charge in [0.25, 0.3) is 0 Å². The SMILES string of the molecule is C=C(/C=C(/c1ccccc1)N(C)CC(=O)N1CCC(C)=C(OC(C)C)C1)c1ccc(C)c(C)c1.CC.F. The zero-order valence-electron chi connectivity index (χ0n) is 23.9. The van der Waals surface area contributed by atoms with E-state index in [9.17, 15) is 4.79 Å². The third-order valence-electron chi connectivity index (χ3n) is 6.34. The van der Waals surface area contributed by atoms with Crippen molar-refractivity contribution in [3.05, 3.63) is 94.8 Å². The van der Waals surface area contributed by atoms with Crippen LogP contribution in [-0.4, -0.2) is 48.5 Å². The van der Waals surface area contributed by atoms with Crippen molar-refractivity contribution in [2.24, 2.45) is 0 Å². The van der Waals surface area contributed by atoms with E-state index >= 15 is 0 Å². The van der Waals surface area contributed by atoms with Crippen LogP contribution in [0.2, 0.25) is 0 Å². The van der Waals surface area contributed by atoms with E-state index in [1.807, 2.05) is 62.7 Å². The molecule has 2 aromatic rings. The molecule has 0 aliphatic carbocycles. The Hall–Kier alpha value is -3.34. The number of nitrogens with zero attached hydrogens (tertiary/aromatic N) is 2. The molecule has 4 nitrogen and oxygen atoms in total. The Morgan fingerprint density at radius 1 is 1.05 bits per heavy atom. The minimum Gasteiger partial charge on any atom is -0.494 e. The van der Waals surface area contributed by atoms with Crippen LogP contribution in [0.25, 0.3) is 11.3 Å². The number of aryl methyl sites for hydroxylation is 2. The maximum absolute atomic E-state index is 13.3. The maximum atomic E-state index is 13.3. The van der Waals surface area contributed by atoms with E-state index < -0.39 is 0 Å². The molecular formula is C32H45FN2O2. The molecule has 1 heterocycles. The van der Waals surface area contributed by atoms with Crippen molar-refractivity contribution in [1.82, 2.24) is 9.80 Å². The lowest BCUT2D eigenvalue weighted by molar-refractivity contribution is -0.132. The molecule has 37 heavy (non-hydrogen) atoms. The van der Waals surface area contributed by atoms with Gasteiger partial charge in [-0.2, -0.15) is 0 Å². The van der Waals surface area contributed by atoms with Crippen LogP contribution in [0, 0.1) is 13.8 Å². The fourth-order valence-corrected chi connectivity index (χ4v) is 4.07. The summed E-state index contributed by atoms with van der Waals surface area (Å²) in [6.45, 7) is 20.3. The predicted molar refractivity (Wildman–Crippen MR) is 156 cm³/mol. The topological polar surface area (TPSA) is 32.8 Å². The van der Waals surface area contributed by atoms with Gasteiger partial charge < -0.3 is 14.5 Å². The van der Waals surface area contributed by atoms with Crippen molar-refractivity contribution < 1.29 is 14.2 Å². The highest BCUT2D eigenvalue weighted by atomic mass is 19.0. The Labute approximate surface area is 223 Å². The van der Waals surface area contributed by atoms with Crippen molar-refractivity contribution in [3.63, 3.8) is 0 Å². The van der Waals surface area contributed by atoms with Crippen molar-refractivity contribution in [1.29, 1.82) is 0 Å². The van der Waals surface area contributed by atoms with Crippen LogP contribution in [0.4, 0.5) is 4.70 Å². The summed E-state index contributed by atoms with van der Waals surface area (Å²) in [5.41, 5.74) is 7.78. The predicted octanol–water partition coefficient (Wildman–Crippen LogP) is 7.40. The van der Waals surface area contributed by atoms with Gasteiger partial charge in [0.2, 0.25) is 5.91 Å². The lowest BCUT2D eigenvalue weighted by Gasteiger charge is -2.32.